The summed E-state index contributed by atoms with van der Waals surface area (Å²) in [6.07, 6.45) is 4.06. The number of ether oxygens (including phenoxy) is 1. The SMILES string of the molecule is CC/C=C1/C[C@@H](C(=O)OC)N(C)C1. The van der Waals surface area contributed by atoms with Gasteiger partial charge in [-0.15, -0.1) is 0 Å². The standard InChI is InChI=1S/C10H17NO2/c1-4-5-8-6-9(10(12)13-3)11(2)7-8/h5,9H,4,6-7H2,1-3H3/b8-5-/t9-/m0/s1. The Labute approximate surface area is 79.4 Å². The number of rotatable bonds is 2. The van der Waals surface area contributed by atoms with Crippen LogP contribution in [0, 0.1) is 0 Å². The largest absolute Gasteiger partial charge is 0.468 e. The van der Waals surface area contributed by atoms with Gasteiger partial charge in [0.2, 0.25) is 0 Å². The topological polar surface area (TPSA) is 29.5 Å². The fourth-order valence-corrected chi connectivity index (χ4v) is 1.74. The molecular formula is C10H17NO2. The Morgan fingerprint density at radius 2 is 2.46 bits per heavy atom. The lowest BCUT2D eigenvalue weighted by Crippen LogP contribution is -2.33. The van der Waals surface area contributed by atoms with E-state index in [0.717, 1.165) is 19.4 Å². The summed E-state index contributed by atoms with van der Waals surface area (Å²) in [5, 5.41) is 0. The number of methoxy groups -OCH3 is 1. The Morgan fingerprint density at radius 3 is 3.00 bits per heavy atom. The van der Waals surface area contributed by atoms with E-state index < -0.39 is 0 Å². The zero-order valence-corrected chi connectivity index (χ0v) is 8.54. The van der Waals surface area contributed by atoms with E-state index in [9.17, 15) is 4.79 Å². The Kier molecular flexibility index (Phi) is 3.48. The van der Waals surface area contributed by atoms with E-state index in [1.54, 1.807) is 0 Å². The normalized spacial score (nSPS) is 26.7. The molecular weight excluding hydrogens is 166 g/mol. The summed E-state index contributed by atoms with van der Waals surface area (Å²) >= 11 is 0. The summed E-state index contributed by atoms with van der Waals surface area (Å²) in [7, 11) is 3.40. The van der Waals surface area contributed by atoms with Crippen molar-refractivity contribution in [1.82, 2.24) is 4.90 Å². The highest BCUT2D eigenvalue weighted by Gasteiger charge is 2.31. The smallest absolute Gasteiger partial charge is 0.323 e. The van der Waals surface area contributed by atoms with Crippen molar-refractivity contribution in [1.29, 1.82) is 0 Å². The number of likely N-dealkylation sites (tertiary alicyclic amines) is 1. The van der Waals surface area contributed by atoms with Gasteiger partial charge in [-0.25, -0.2) is 0 Å². The van der Waals surface area contributed by atoms with Crippen LogP contribution in [0.5, 0.6) is 0 Å². The van der Waals surface area contributed by atoms with Crippen LogP contribution >= 0.6 is 0 Å². The average molecular weight is 183 g/mol. The fourth-order valence-electron chi connectivity index (χ4n) is 1.74. The molecule has 1 rings (SSSR count). The number of nitrogens with zero attached hydrogens (tertiary/aromatic N) is 1. The van der Waals surface area contributed by atoms with E-state index in [1.165, 1.54) is 12.7 Å². The van der Waals surface area contributed by atoms with E-state index in [2.05, 4.69) is 13.0 Å². The third-order valence-electron chi connectivity index (χ3n) is 2.41. The Morgan fingerprint density at radius 1 is 1.77 bits per heavy atom. The first-order valence-electron chi connectivity index (χ1n) is 4.65. The number of esters is 1. The summed E-state index contributed by atoms with van der Waals surface area (Å²) in [5.41, 5.74) is 1.35. The molecule has 0 amide bonds. The van der Waals surface area contributed by atoms with Crippen LogP contribution in [-0.4, -0.2) is 37.6 Å². The van der Waals surface area contributed by atoms with Gasteiger partial charge in [-0.1, -0.05) is 18.6 Å². The van der Waals surface area contributed by atoms with Crippen LogP contribution in [-0.2, 0) is 9.53 Å². The third-order valence-corrected chi connectivity index (χ3v) is 2.41. The van der Waals surface area contributed by atoms with Crippen molar-refractivity contribution in [3.63, 3.8) is 0 Å². The molecule has 0 saturated carbocycles. The Balaban J connectivity index is 2.61. The second-order valence-corrected chi connectivity index (χ2v) is 3.43. The van der Waals surface area contributed by atoms with E-state index >= 15 is 0 Å². The first-order valence-corrected chi connectivity index (χ1v) is 4.65. The number of hydrogen-bond donors (Lipinski definition) is 0. The van der Waals surface area contributed by atoms with Crippen molar-refractivity contribution in [3.05, 3.63) is 11.6 Å². The van der Waals surface area contributed by atoms with Gasteiger partial charge >= 0.3 is 5.97 Å². The van der Waals surface area contributed by atoms with Crippen molar-refractivity contribution in [2.24, 2.45) is 0 Å². The maximum Gasteiger partial charge on any atom is 0.323 e. The maximum absolute atomic E-state index is 11.3. The van der Waals surface area contributed by atoms with Crippen LogP contribution < -0.4 is 0 Å². The number of carbonyl (C=O) groups is 1. The lowest BCUT2D eigenvalue weighted by Gasteiger charge is -2.15. The molecule has 1 aliphatic rings. The van der Waals surface area contributed by atoms with Crippen molar-refractivity contribution in [3.8, 4) is 0 Å². The lowest BCUT2D eigenvalue weighted by molar-refractivity contribution is -0.145. The van der Waals surface area contributed by atoms with Crippen LogP contribution in [0.15, 0.2) is 11.6 Å². The zero-order valence-electron chi connectivity index (χ0n) is 8.54. The van der Waals surface area contributed by atoms with Gasteiger partial charge in [-0.05, 0) is 19.9 Å². The van der Waals surface area contributed by atoms with Gasteiger partial charge < -0.3 is 4.74 Å². The molecule has 1 atom stereocenters. The lowest BCUT2D eigenvalue weighted by atomic mass is 10.1. The van der Waals surface area contributed by atoms with Crippen LogP contribution in [0.3, 0.4) is 0 Å². The maximum atomic E-state index is 11.3. The van der Waals surface area contributed by atoms with Crippen molar-refractivity contribution >= 4 is 5.97 Å². The van der Waals surface area contributed by atoms with Gasteiger partial charge in [-0.2, -0.15) is 0 Å². The molecule has 3 nitrogen and oxygen atoms in total. The molecule has 0 aromatic rings. The van der Waals surface area contributed by atoms with Gasteiger partial charge in [-0.3, -0.25) is 9.69 Å². The number of hydrogen-bond acceptors (Lipinski definition) is 3. The molecule has 0 aliphatic carbocycles. The van der Waals surface area contributed by atoms with Crippen molar-refractivity contribution < 1.29 is 9.53 Å². The highest BCUT2D eigenvalue weighted by Crippen LogP contribution is 2.21. The molecule has 1 fully saturated rings. The van der Waals surface area contributed by atoms with Crippen molar-refractivity contribution in [2.75, 3.05) is 20.7 Å². The highest BCUT2D eigenvalue weighted by molar-refractivity contribution is 5.76. The minimum Gasteiger partial charge on any atom is -0.468 e. The molecule has 0 bridgehead atoms. The van der Waals surface area contributed by atoms with Crippen LogP contribution in [0.25, 0.3) is 0 Å². The minimum absolute atomic E-state index is 0.0669. The Hall–Kier alpha value is -0.830. The number of allylic oxidation sites excluding steroid dienone is 1. The number of carbonyl (C=O) groups excluding carboxylic acids is 1. The van der Waals surface area contributed by atoms with E-state index in [0.29, 0.717) is 0 Å². The quantitative estimate of drug-likeness (QED) is 0.476. The van der Waals surface area contributed by atoms with Gasteiger partial charge in [0.15, 0.2) is 0 Å². The van der Waals surface area contributed by atoms with E-state index in [4.69, 9.17) is 4.74 Å². The van der Waals surface area contributed by atoms with Crippen LogP contribution in [0.4, 0.5) is 0 Å². The van der Waals surface area contributed by atoms with E-state index in [1.807, 2.05) is 11.9 Å². The second kappa shape index (κ2) is 4.42. The molecule has 0 radical (unpaired) electrons. The summed E-state index contributed by atoms with van der Waals surface area (Å²) in [6.45, 7) is 3.01. The molecule has 74 valence electrons. The van der Waals surface area contributed by atoms with Crippen LogP contribution in [0.1, 0.15) is 19.8 Å². The van der Waals surface area contributed by atoms with Gasteiger partial charge in [0.05, 0.1) is 7.11 Å². The molecule has 0 spiro atoms. The minimum atomic E-state index is -0.123. The first-order chi connectivity index (χ1) is 6.19. The molecule has 1 aliphatic heterocycles. The Bertz CT molecular complexity index is 223. The van der Waals surface area contributed by atoms with Gasteiger partial charge in [0, 0.05) is 6.54 Å². The molecule has 13 heavy (non-hydrogen) atoms. The predicted molar refractivity (Wildman–Crippen MR) is 51.4 cm³/mol. The zero-order chi connectivity index (χ0) is 9.84. The molecule has 1 heterocycles. The first kappa shape index (κ1) is 10.3. The molecule has 1 saturated heterocycles. The van der Waals surface area contributed by atoms with Gasteiger partial charge in [0.1, 0.15) is 6.04 Å². The molecule has 3 heteroatoms. The molecule has 0 N–H and O–H groups in total. The number of likely N-dealkylation sites (N-methyl/N-ethyl adjacent to an activating group) is 1. The summed E-state index contributed by atoms with van der Waals surface area (Å²) in [6, 6.07) is -0.0669. The summed E-state index contributed by atoms with van der Waals surface area (Å²) < 4.78 is 4.72. The van der Waals surface area contributed by atoms with E-state index in [-0.39, 0.29) is 12.0 Å². The monoisotopic (exact) mass is 183 g/mol. The molecule has 0 aromatic heterocycles. The van der Waals surface area contributed by atoms with Crippen LogP contribution in [0.2, 0.25) is 0 Å². The third kappa shape index (κ3) is 2.31. The van der Waals surface area contributed by atoms with Crippen molar-refractivity contribution in [2.45, 2.75) is 25.8 Å². The predicted octanol–water partition coefficient (Wildman–Crippen LogP) is 1.20. The highest BCUT2D eigenvalue weighted by atomic mass is 16.5. The molecule has 0 unspecified atom stereocenters. The molecule has 0 aromatic carbocycles. The average Bonchev–Trinajstić information content (AvgIpc) is 2.46. The summed E-state index contributed by atoms with van der Waals surface area (Å²) in [5.74, 6) is -0.123. The fraction of sp³-hybridized carbons (Fsp3) is 0.700. The summed E-state index contributed by atoms with van der Waals surface area (Å²) in [4.78, 5) is 13.3. The van der Waals surface area contributed by atoms with Gasteiger partial charge in [0.25, 0.3) is 0 Å². The second-order valence-electron chi connectivity index (χ2n) is 3.43.